The summed E-state index contributed by atoms with van der Waals surface area (Å²) in [6, 6.07) is 0. The largest absolute Gasteiger partial charge is 0.343 e. The Bertz CT molecular complexity index is 252. The molecule has 0 amide bonds. The van der Waals surface area contributed by atoms with Crippen LogP contribution in [0.5, 0.6) is 0 Å². The van der Waals surface area contributed by atoms with Gasteiger partial charge in [0.15, 0.2) is 0 Å². The van der Waals surface area contributed by atoms with Gasteiger partial charge in [0.1, 0.15) is 0 Å². The molecule has 0 spiro atoms. The Morgan fingerprint density at radius 3 is 2.06 bits per heavy atom. The minimum atomic E-state index is 0. The Morgan fingerprint density at radius 2 is 1.72 bits per heavy atom. The predicted octanol–water partition coefficient (Wildman–Crippen LogP) is 5.87. The molecule has 1 heteroatoms. The molecule has 1 rings (SSSR count). The van der Waals surface area contributed by atoms with E-state index in [1.165, 1.54) is 32.1 Å². The quantitative estimate of drug-likeness (QED) is 0.555. The maximum Gasteiger partial charge on any atom is 0 e. The van der Waals surface area contributed by atoms with Crippen LogP contribution in [0, 0.1) is 29.1 Å². The van der Waals surface area contributed by atoms with Crippen LogP contribution in [-0.2, 0) is 32.7 Å². The van der Waals surface area contributed by atoms with E-state index in [0.717, 1.165) is 12.3 Å². The SMILES string of the molecule is [CH2-]CC(C)(C)CC1(CC(C)C)CCCC1(C)C.[Y]. The summed E-state index contributed by atoms with van der Waals surface area (Å²) in [7, 11) is 0. The fraction of sp³-hybridized carbons (Fsp3) is 0.941. The molecule has 0 N–H and O–H groups in total. The number of rotatable bonds is 5. The molecule has 0 aliphatic heterocycles. The van der Waals surface area contributed by atoms with E-state index in [1.807, 2.05) is 0 Å². The van der Waals surface area contributed by atoms with E-state index in [0.29, 0.717) is 16.2 Å². The Labute approximate surface area is 141 Å². The van der Waals surface area contributed by atoms with Crippen LogP contribution in [0.25, 0.3) is 0 Å². The van der Waals surface area contributed by atoms with Crippen molar-refractivity contribution in [1.29, 1.82) is 0 Å². The van der Waals surface area contributed by atoms with E-state index in [1.54, 1.807) is 0 Å². The Hall–Kier alpha value is 1.10. The van der Waals surface area contributed by atoms with Gasteiger partial charge in [-0.05, 0) is 42.4 Å². The van der Waals surface area contributed by atoms with Crippen molar-refractivity contribution in [1.82, 2.24) is 0 Å². The van der Waals surface area contributed by atoms with E-state index in [2.05, 4.69) is 48.5 Å². The molecule has 105 valence electrons. The molecule has 0 heterocycles. The van der Waals surface area contributed by atoms with Gasteiger partial charge in [-0.3, -0.25) is 0 Å². The third kappa shape index (κ3) is 4.30. The first-order chi connectivity index (χ1) is 7.64. The van der Waals surface area contributed by atoms with Crippen molar-refractivity contribution in [2.75, 3.05) is 0 Å². The van der Waals surface area contributed by atoms with Crippen molar-refractivity contribution in [2.45, 2.75) is 80.1 Å². The standard InChI is InChI=1S/C17H33.Y/c1-8-15(4,5)13-17(12-14(2)3)11-9-10-16(17,6)7;/h14H,1,8-13H2,2-7H3;/q-1;. The zero-order valence-corrected chi connectivity index (χ0v) is 16.4. The molecule has 18 heavy (non-hydrogen) atoms. The maximum atomic E-state index is 4.16. The van der Waals surface area contributed by atoms with Gasteiger partial charge >= 0.3 is 0 Å². The van der Waals surface area contributed by atoms with Crippen LogP contribution >= 0.6 is 0 Å². The van der Waals surface area contributed by atoms with Gasteiger partial charge in [-0.25, -0.2) is 0 Å². The minimum absolute atomic E-state index is 0. The maximum absolute atomic E-state index is 4.16. The summed E-state index contributed by atoms with van der Waals surface area (Å²) in [5.74, 6) is 0.813. The normalized spacial score (nSPS) is 27.3. The van der Waals surface area contributed by atoms with Crippen LogP contribution in [0.2, 0.25) is 0 Å². The van der Waals surface area contributed by atoms with Crippen molar-refractivity contribution < 1.29 is 32.7 Å². The molecule has 1 radical (unpaired) electrons. The number of hydrogen-bond acceptors (Lipinski definition) is 0. The average Bonchev–Trinajstić information content (AvgIpc) is 2.40. The Kier molecular flexibility index (Phi) is 7.12. The van der Waals surface area contributed by atoms with Crippen LogP contribution in [0.3, 0.4) is 0 Å². The van der Waals surface area contributed by atoms with Crippen LogP contribution in [0.1, 0.15) is 80.1 Å². The summed E-state index contributed by atoms with van der Waals surface area (Å²) in [4.78, 5) is 0. The molecule has 1 aliphatic rings. The van der Waals surface area contributed by atoms with Crippen molar-refractivity contribution in [3.05, 3.63) is 6.92 Å². The smallest absolute Gasteiger partial charge is 0 e. The van der Waals surface area contributed by atoms with Gasteiger partial charge in [-0.15, -0.1) is 0 Å². The summed E-state index contributed by atoms with van der Waals surface area (Å²) < 4.78 is 0. The molecule has 1 saturated carbocycles. The zero-order chi connectivity index (χ0) is 13.3. The van der Waals surface area contributed by atoms with Gasteiger partial charge in [0.05, 0.1) is 0 Å². The predicted molar refractivity (Wildman–Crippen MR) is 77.9 cm³/mol. The van der Waals surface area contributed by atoms with Crippen LogP contribution in [0.4, 0.5) is 0 Å². The van der Waals surface area contributed by atoms with Crippen molar-refractivity contribution in [2.24, 2.45) is 22.2 Å². The first kappa shape index (κ1) is 19.1. The van der Waals surface area contributed by atoms with Crippen molar-refractivity contribution in [3.8, 4) is 0 Å². The molecular weight excluding hydrogens is 293 g/mol. The second-order valence-corrected chi connectivity index (χ2v) is 8.21. The summed E-state index contributed by atoms with van der Waals surface area (Å²) in [6.07, 6.45) is 8.07. The van der Waals surface area contributed by atoms with Gasteiger partial charge in [0.25, 0.3) is 0 Å². The molecule has 0 aromatic heterocycles. The molecule has 0 saturated heterocycles. The fourth-order valence-electron chi connectivity index (χ4n) is 4.04. The van der Waals surface area contributed by atoms with Crippen LogP contribution in [-0.4, -0.2) is 0 Å². The third-order valence-corrected chi connectivity index (χ3v) is 5.19. The topological polar surface area (TPSA) is 0 Å². The minimum Gasteiger partial charge on any atom is -0.343 e. The van der Waals surface area contributed by atoms with Gasteiger partial charge in [0, 0.05) is 32.7 Å². The van der Waals surface area contributed by atoms with Crippen molar-refractivity contribution in [3.63, 3.8) is 0 Å². The summed E-state index contributed by atoms with van der Waals surface area (Å²) in [6.45, 7) is 18.7. The molecule has 1 fully saturated rings. The van der Waals surface area contributed by atoms with E-state index in [9.17, 15) is 0 Å². The summed E-state index contributed by atoms with van der Waals surface area (Å²) >= 11 is 0. The van der Waals surface area contributed by atoms with Gasteiger partial charge in [0.2, 0.25) is 0 Å². The van der Waals surface area contributed by atoms with E-state index < -0.39 is 0 Å². The van der Waals surface area contributed by atoms with Crippen LogP contribution < -0.4 is 0 Å². The first-order valence-corrected chi connectivity index (χ1v) is 7.43. The first-order valence-electron chi connectivity index (χ1n) is 7.43. The van der Waals surface area contributed by atoms with E-state index in [4.69, 9.17) is 0 Å². The molecular formula is C17H33Y-. The van der Waals surface area contributed by atoms with E-state index >= 15 is 0 Å². The monoisotopic (exact) mass is 326 g/mol. The molecule has 0 aromatic rings. The molecule has 1 atom stereocenters. The van der Waals surface area contributed by atoms with Crippen LogP contribution in [0.15, 0.2) is 0 Å². The van der Waals surface area contributed by atoms with Crippen molar-refractivity contribution >= 4 is 0 Å². The summed E-state index contributed by atoms with van der Waals surface area (Å²) in [5.41, 5.74) is 1.47. The Morgan fingerprint density at radius 1 is 1.17 bits per heavy atom. The van der Waals surface area contributed by atoms with Gasteiger partial charge in [-0.2, -0.15) is 6.42 Å². The zero-order valence-electron chi connectivity index (χ0n) is 13.6. The molecule has 1 unspecified atom stereocenters. The number of hydrogen-bond donors (Lipinski definition) is 0. The molecule has 0 aromatic carbocycles. The Balaban J connectivity index is 0.00000289. The second kappa shape index (κ2) is 6.71. The molecule has 0 nitrogen and oxygen atoms in total. The molecule has 1 aliphatic carbocycles. The van der Waals surface area contributed by atoms with Gasteiger partial charge < -0.3 is 6.92 Å². The van der Waals surface area contributed by atoms with E-state index in [-0.39, 0.29) is 32.7 Å². The second-order valence-electron chi connectivity index (χ2n) is 8.21. The van der Waals surface area contributed by atoms with Gasteiger partial charge in [-0.1, -0.05) is 53.4 Å². The fourth-order valence-corrected chi connectivity index (χ4v) is 4.04. The molecule has 0 bridgehead atoms. The average molecular weight is 326 g/mol. The third-order valence-electron chi connectivity index (χ3n) is 5.19. The summed E-state index contributed by atoms with van der Waals surface area (Å²) in [5, 5.41) is 0.